The third-order valence-electron chi connectivity index (χ3n) is 2.22. The van der Waals surface area contributed by atoms with Crippen LogP contribution in [0.15, 0.2) is 18.2 Å². The Morgan fingerprint density at radius 3 is 2.62 bits per heavy atom. The number of carboxylic acids is 1. The highest BCUT2D eigenvalue weighted by Gasteiger charge is 2.24. The second-order valence-electron chi connectivity index (χ2n) is 3.35. The van der Waals surface area contributed by atoms with Gasteiger partial charge < -0.3 is 5.11 Å². The van der Waals surface area contributed by atoms with Crippen LogP contribution in [0.4, 0.5) is 4.39 Å². The average Bonchev–Trinajstić information content (AvgIpc) is 2.85. The van der Waals surface area contributed by atoms with Crippen LogP contribution in [0.3, 0.4) is 0 Å². The third-order valence-corrected chi connectivity index (χ3v) is 2.22. The molecule has 0 bridgehead atoms. The maximum absolute atomic E-state index is 12.9. The van der Waals surface area contributed by atoms with Gasteiger partial charge in [-0.3, -0.25) is 0 Å². The van der Waals surface area contributed by atoms with Crippen LogP contribution in [0, 0.1) is 5.82 Å². The van der Waals surface area contributed by atoms with E-state index in [4.69, 9.17) is 5.11 Å². The largest absolute Gasteiger partial charge is 0.478 e. The van der Waals surface area contributed by atoms with Crippen LogP contribution in [0.5, 0.6) is 0 Å². The van der Waals surface area contributed by atoms with Crippen molar-refractivity contribution in [2.24, 2.45) is 0 Å². The maximum atomic E-state index is 12.9. The van der Waals surface area contributed by atoms with Gasteiger partial charge in [0.25, 0.3) is 0 Å². The molecule has 0 unspecified atom stereocenters. The first-order valence-electron chi connectivity index (χ1n) is 4.20. The minimum Gasteiger partial charge on any atom is -0.478 e. The monoisotopic (exact) mass is 180 g/mol. The van der Waals surface area contributed by atoms with E-state index in [1.165, 1.54) is 6.07 Å². The minimum atomic E-state index is -1.07. The SMILES string of the molecule is O=C(O)c1cc(F)cc(C2CC2)c1. The molecule has 0 atom stereocenters. The number of halogens is 1. The number of rotatable bonds is 2. The molecule has 2 rings (SSSR count). The van der Waals surface area contributed by atoms with Crippen molar-refractivity contribution >= 4 is 5.97 Å². The zero-order chi connectivity index (χ0) is 9.42. The first-order chi connectivity index (χ1) is 6.16. The maximum Gasteiger partial charge on any atom is 0.335 e. The highest BCUT2D eigenvalue weighted by molar-refractivity contribution is 5.87. The van der Waals surface area contributed by atoms with Crippen molar-refractivity contribution in [1.82, 2.24) is 0 Å². The fourth-order valence-electron chi connectivity index (χ4n) is 1.39. The van der Waals surface area contributed by atoms with Gasteiger partial charge >= 0.3 is 5.97 Å². The lowest BCUT2D eigenvalue weighted by atomic mass is 10.1. The molecule has 0 saturated heterocycles. The Morgan fingerprint density at radius 2 is 2.08 bits per heavy atom. The Morgan fingerprint density at radius 1 is 1.38 bits per heavy atom. The summed E-state index contributed by atoms with van der Waals surface area (Å²) in [4.78, 5) is 10.6. The van der Waals surface area contributed by atoms with Crippen molar-refractivity contribution in [3.63, 3.8) is 0 Å². The molecule has 0 amide bonds. The molecule has 1 aromatic carbocycles. The summed E-state index contributed by atoms with van der Waals surface area (Å²) >= 11 is 0. The summed E-state index contributed by atoms with van der Waals surface area (Å²) in [5.41, 5.74) is 0.860. The predicted molar refractivity (Wildman–Crippen MR) is 45.3 cm³/mol. The molecule has 13 heavy (non-hydrogen) atoms. The smallest absolute Gasteiger partial charge is 0.335 e. The summed E-state index contributed by atoms with van der Waals surface area (Å²) in [6.45, 7) is 0. The molecule has 0 heterocycles. The Labute approximate surface area is 75.0 Å². The van der Waals surface area contributed by atoms with Gasteiger partial charge in [-0.2, -0.15) is 0 Å². The highest BCUT2D eigenvalue weighted by atomic mass is 19.1. The van der Waals surface area contributed by atoms with Gasteiger partial charge in [-0.15, -0.1) is 0 Å². The van der Waals surface area contributed by atoms with E-state index in [0.717, 1.165) is 24.5 Å². The van der Waals surface area contributed by atoms with Crippen molar-refractivity contribution in [3.8, 4) is 0 Å². The molecular weight excluding hydrogens is 171 g/mol. The molecule has 1 N–H and O–H groups in total. The van der Waals surface area contributed by atoms with Crippen LogP contribution in [0.25, 0.3) is 0 Å². The molecule has 3 heteroatoms. The molecule has 0 radical (unpaired) electrons. The summed E-state index contributed by atoms with van der Waals surface area (Å²) in [6, 6.07) is 4.03. The lowest BCUT2D eigenvalue weighted by molar-refractivity contribution is 0.0696. The van der Waals surface area contributed by atoms with Crippen molar-refractivity contribution in [2.45, 2.75) is 18.8 Å². The molecule has 1 aliphatic rings. The second kappa shape index (κ2) is 2.83. The van der Waals surface area contributed by atoms with E-state index in [1.807, 2.05) is 0 Å². The van der Waals surface area contributed by atoms with Crippen LogP contribution in [0.1, 0.15) is 34.7 Å². The normalized spacial score (nSPS) is 15.8. The highest BCUT2D eigenvalue weighted by Crippen LogP contribution is 2.40. The Hall–Kier alpha value is -1.38. The molecule has 0 spiro atoms. The van der Waals surface area contributed by atoms with E-state index in [9.17, 15) is 9.18 Å². The summed E-state index contributed by atoms with van der Waals surface area (Å²) in [5.74, 6) is -1.14. The van der Waals surface area contributed by atoms with Gasteiger partial charge in [0, 0.05) is 0 Å². The molecule has 1 aliphatic carbocycles. The molecule has 2 nitrogen and oxygen atoms in total. The van der Waals surface area contributed by atoms with Gasteiger partial charge in [-0.05, 0) is 42.5 Å². The van der Waals surface area contributed by atoms with Crippen LogP contribution < -0.4 is 0 Å². The number of hydrogen-bond donors (Lipinski definition) is 1. The molecule has 0 aromatic heterocycles. The van der Waals surface area contributed by atoms with Gasteiger partial charge in [0.2, 0.25) is 0 Å². The zero-order valence-corrected chi connectivity index (χ0v) is 6.96. The third kappa shape index (κ3) is 1.69. The fourth-order valence-corrected chi connectivity index (χ4v) is 1.39. The number of carbonyl (C=O) groups is 1. The predicted octanol–water partition coefficient (Wildman–Crippen LogP) is 2.40. The lowest BCUT2D eigenvalue weighted by Gasteiger charge is -2.00. The molecule has 1 fully saturated rings. The first kappa shape index (κ1) is 8.23. The van der Waals surface area contributed by atoms with E-state index in [1.54, 1.807) is 6.07 Å². The number of aromatic carboxylic acids is 1. The Bertz CT molecular complexity index is 356. The first-order valence-corrected chi connectivity index (χ1v) is 4.20. The van der Waals surface area contributed by atoms with E-state index in [-0.39, 0.29) is 5.56 Å². The van der Waals surface area contributed by atoms with Crippen molar-refractivity contribution in [2.75, 3.05) is 0 Å². The van der Waals surface area contributed by atoms with Crippen LogP contribution >= 0.6 is 0 Å². The Balaban J connectivity index is 2.41. The number of carboxylic acid groups (broad SMARTS) is 1. The van der Waals surface area contributed by atoms with Gasteiger partial charge in [0.15, 0.2) is 0 Å². The van der Waals surface area contributed by atoms with Gasteiger partial charge in [-0.25, -0.2) is 9.18 Å². The van der Waals surface area contributed by atoms with Crippen LogP contribution in [-0.2, 0) is 0 Å². The molecular formula is C10H9FO2. The van der Waals surface area contributed by atoms with E-state index in [2.05, 4.69) is 0 Å². The zero-order valence-electron chi connectivity index (χ0n) is 6.96. The number of hydrogen-bond acceptors (Lipinski definition) is 1. The summed E-state index contributed by atoms with van der Waals surface area (Å²) in [5, 5.41) is 8.67. The summed E-state index contributed by atoms with van der Waals surface area (Å²) < 4.78 is 12.9. The molecule has 0 aliphatic heterocycles. The topological polar surface area (TPSA) is 37.3 Å². The average molecular weight is 180 g/mol. The minimum absolute atomic E-state index is 0.0434. The van der Waals surface area contributed by atoms with Gasteiger partial charge in [0.05, 0.1) is 5.56 Å². The molecule has 1 saturated carbocycles. The summed E-state index contributed by atoms with van der Waals surface area (Å²) in [6.07, 6.45) is 2.09. The van der Waals surface area contributed by atoms with Gasteiger partial charge in [-0.1, -0.05) is 0 Å². The van der Waals surface area contributed by atoms with Gasteiger partial charge in [0.1, 0.15) is 5.82 Å². The van der Waals surface area contributed by atoms with E-state index in [0.29, 0.717) is 5.92 Å². The van der Waals surface area contributed by atoms with Crippen molar-refractivity contribution in [1.29, 1.82) is 0 Å². The molecule has 1 aromatic rings. The van der Waals surface area contributed by atoms with Crippen molar-refractivity contribution in [3.05, 3.63) is 35.1 Å². The number of benzene rings is 1. The van der Waals surface area contributed by atoms with E-state index < -0.39 is 11.8 Å². The quantitative estimate of drug-likeness (QED) is 0.758. The van der Waals surface area contributed by atoms with Crippen LogP contribution in [-0.4, -0.2) is 11.1 Å². The van der Waals surface area contributed by atoms with Crippen LogP contribution in [0.2, 0.25) is 0 Å². The molecule has 68 valence electrons. The van der Waals surface area contributed by atoms with Crippen molar-refractivity contribution < 1.29 is 14.3 Å². The standard InChI is InChI=1S/C10H9FO2/c11-9-4-7(6-1-2-6)3-8(5-9)10(12)13/h3-6H,1-2H2,(H,12,13). The lowest BCUT2D eigenvalue weighted by Crippen LogP contribution is -1.98. The second-order valence-corrected chi connectivity index (χ2v) is 3.35. The van der Waals surface area contributed by atoms with E-state index >= 15 is 0 Å². The summed E-state index contributed by atoms with van der Waals surface area (Å²) in [7, 11) is 0. The Kier molecular flexibility index (Phi) is 1.79. The fraction of sp³-hybridized carbons (Fsp3) is 0.300.